The van der Waals surface area contributed by atoms with Gasteiger partial charge in [0, 0.05) is 18.2 Å². The van der Waals surface area contributed by atoms with Crippen LogP contribution in [0.15, 0.2) is 72.8 Å². The van der Waals surface area contributed by atoms with E-state index in [4.69, 9.17) is 9.47 Å². The van der Waals surface area contributed by atoms with Gasteiger partial charge in [-0.3, -0.25) is 0 Å². The quantitative estimate of drug-likeness (QED) is 0.515. The molecule has 0 saturated carbocycles. The summed E-state index contributed by atoms with van der Waals surface area (Å²) in [6.45, 7) is 0. The van der Waals surface area contributed by atoms with E-state index >= 15 is 0 Å². The fourth-order valence-electron chi connectivity index (χ4n) is 2.24. The molecule has 3 aromatic carbocycles. The normalized spacial score (nSPS) is 10.2. The van der Waals surface area contributed by atoms with E-state index in [1.54, 1.807) is 36.4 Å². The maximum atomic E-state index is 13.2. The van der Waals surface area contributed by atoms with E-state index in [1.807, 2.05) is 0 Å². The Bertz CT molecular complexity index is 935. The van der Waals surface area contributed by atoms with E-state index in [2.05, 4.69) is 0 Å². The predicted molar refractivity (Wildman–Crippen MR) is 89.2 cm³/mol. The van der Waals surface area contributed by atoms with Crippen molar-refractivity contribution >= 4 is 11.9 Å². The number of hydrogen-bond donors (Lipinski definition) is 0. The molecule has 0 spiro atoms. The third-order valence-electron chi connectivity index (χ3n) is 3.37. The highest BCUT2D eigenvalue weighted by Gasteiger charge is 2.20. The summed E-state index contributed by atoms with van der Waals surface area (Å²) in [4.78, 5) is 24.7. The zero-order valence-electron chi connectivity index (χ0n) is 13.3. The average Bonchev–Trinajstić information content (AvgIpc) is 2.61. The van der Waals surface area contributed by atoms with Gasteiger partial charge in [-0.15, -0.1) is 0 Å². The van der Waals surface area contributed by atoms with Crippen LogP contribution in [-0.4, -0.2) is 11.9 Å². The Morgan fingerprint density at radius 3 is 1.62 bits per heavy atom. The summed E-state index contributed by atoms with van der Waals surface area (Å²) in [5.74, 6) is -3.45. The van der Waals surface area contributed by atoms with E-state index in [0.29, 0.717) is 11.8 Å². The van der Waals surface area contributed by atoms with Crippen LogP contribution >= 0.6 is 0 Å². The largest absolute Gasteiger partial charge is 0.423 e. The molecule has 6 heteroatoms. The molecule has 130 valence electrons. The molecule has 0 amide bonds. The van der Waals surface area contributed by atoms with Crippen LogP contribution in [0.3, 0.4) is 0 Å². The van der Waals surface area contributed by atoms with Crippen molar-refractivity contribution in [2.24, 2.45) is 0 Å². The lowest BCUT2D eigenvalue weighted by Crippen LogP contribution is -2.17. The monoisotopic (exact) mass is 354 g/mol. The fraction of sp³-hybridized carbons (Fsp3) is 0. The molecule has 0 heterocycles. The van der Waals surface area contributed by atoms with Crippen molar-refractivity contribution in [2.45, 2.75) is 0 Å². The summed E-state index contributed by atoms with van der Waals surface area (Å²) in [6.07, 6.45) is 0. The van der Waals surface area contributed by atoms with Crippen LogP contribution in [-0.2, 0) is 0 Å². The Balaban J connectivity index is 1.84. The van der Waals surface area contributed by atoms with Gasteiger partial charge in [0.05, 0.1) is 11.1 Å². The zero-order chi connectivity index (χ0) is 18.5. The zero-order valence-corrected chi connectivity index (χ0v) is 13.3. The Labute approximate surface area is 147 Å². The molecule has 3 rings (SSSR count). The molecule has 0 atom stereocenters. The van der Waals surface area contributed by atoms with Crippen molar-refractivity contribution in [1.82, 2.24) is 0 Å². The molecule has 0 unspecified atom stereocenters. The minimum Gasteiger partial charge on any atom is -0.423 e. The smallest absolute Gasteiger partial charge is 0.344 e. The summed E-state index contributed by atoms with van der Waals surface area (Å²) in [5.41, 5.74) is -0.115. The van der Waals surface area contributed by atoms with Crippen molar-refractivity contribution in [3.63, 3.8) is 0 Å². The van der Waals surface area contributed by atoms with Gasteiger partial charge in [-0.2, -0.15) is 0 Å². The van der Waals surface area contributed by atoms with E-state index in [0.717, 1.165) is 12.1 Å². The second kappa shape index (κ2) is 7.57. The number of para-hydroxylation sites is 1. The lowest BCUT2D eigenvalue weighted by atomic mass is 10.1. The first-order valence-electron chi connectivity index (χ1n) is 7.57. The van der Waals surface area contributed by atoms with E-state index in [9.17, 15) is 18.4 Å². The Morgan fingerprint density at radius 2 is 1.08 bits per heavy atom. The Kier molecular flexibility index (Phi) is 5.03. The summed E-state index contributed by atoms with van der Waals surface area (Å²) in [6, 6.07) is 16.6. The highest BCUT2D eigenvalue weighted by Crippen LogP contribution is 2.19. The van der Waals surface area contributed by atoms with Gasteiger partial charge in [-0.1, -0.05) is 30.3 Å². The molecule has 4 nitrogen and oxygen atoms in total. The molecule has 0 aliphatic rings. The molecule has 0 aliphatic carbocycles. The number of benzene rings is 3. The highest BCUT2D eigenvalue weighted by atomic mass is 19.1. The van der Waals surface area contributed by atoms with Crippen LogP contribution < -0.4 is 9.47 Å². The molecular weight excluding hydrogens is 342 g/mol. The van der Waals surface area contributed by atoms with E-state index < -0.39 is 23.6 Å². The molecule has 26 heavy (non-hydrogen) atoms. The maximum absolute atomic E-state index is 13.2. The number of rotatable bonds is 4. The average molecular weight is 354 g/mol. The minimum absolute atomic E-state index is 0.0294. The summed E-state index contributed by atoms with van der Waals surface area (Å²) in [7, 11) is 0. The number of ether oxygens (including phenoxy) is 2. The summed E-state index contributed by atoms with van der Waals surface area (Å²) >= 11 is 0. The Morgan fingerprint density at radius 1 is 0.615 bits per heavy atom. The van der Waals surface area contributed by atoms with Gasteiger partial charge >= 0.3 is 11.9 Å². The second-order valence-corrected chi connectivity index (χ2v) is 5.24. The van der Waals surface area contributed by atoms with Crippen LogP contribution in [0.1, 0.15) is 20.7 Å². The molecular formula is C20H12F2O4. The van der Waals surface area contributed by atoms with Gasteiger partial charge in [-0.25, -0.2) is 18.4 Å². The molecule has 0 aliphatic heterocycles. The minimum atomic E-state index is -0.935. The lowest BCUT2D eigenvalue weighted by Gasteiger charge is -2.09. The number of halogens is 2. The van der Waals surface area contributed by atoms with Crippen LogP contribution in [0.5, 0.6) is 11.5 Å². The number of carbonyl (C=O) groups excluding carboxylic acids is 2. The number of esters is 2. The fourth-order valence-corrected chi connectivity index (χ4v) is 2.24. The third kappa shape index (κ3) is 4.10. The van der Waals surface area contributed by atoms with Gasteiger partial charge in [-0.05, 0) is 24.3 Å². The molecule has 0 saturated heterocycles. The van der Waals surface area contributed by atoms with Gasteiger partial charge in [0.2, 0.25) is 0 Å². The van der Waals surface area contributed by atoms with Gasteiger partial charge in [0.1, 0.15) is 23.1 Å². The summed E-state index contributed by atoms with van der Waals surface area (Å²) in [5, 5.41) is 0. The van der Waals surface area contributed by atoms with Crippen molar-refractivity contribution < 1.29 is 27.8 Å². The van der Waals surface area contributed by atoms with E-state index in [-0.39, 0.29) is 16.9 Å². The standard InChI is InChI=1S/C20H12F2O4/c21-13-10-14(22)12-16(11-13)26-20(24)18-9-5-4-8-17(18)19(23)25-15-6-2-1-3-7-15/h1-12H. The van der Waals surface area contributed by atoms with E-state index in [1.165, 1.54) is 18.2 Å². The van der Waals surface area contributed by atoms with Gasteiger partial charge in [0.25, 0.3) is 0 Å². The molecule has 0 fully saturated rings. The van der Waals surface area contributed by atoms with Crippen LogP contribution in [0.25, 0.3) is 0 Å². The highest BCUT2D eigenvalue weighted by molar-refractivity contribution is 6.04. The van der Waals surface area contributed by atoms with Crippen molar-refractivity contribution in [1.29, 1.82) is 0 Å². The maximum Gasteiger partial charge on any atom is 0.344 e. The third-order valence-corrected chi connectivity index (χ3v) is 3.37. The van der Waals surface area contributed by atoms with Crippen molar-refractivity contribution in [3.8, 4) is 11.5 Å². The topological polar surface area (TPSA) is 52.6 Å². The van der Waals surface area contributed by atoms with Gasteiger partial charge < -0.3 is 9.47 Å². The molecule has 0 aromatic heterocycles. The second-order valence-electron chi connectivity index (χ2n) is 5.24. The first-order chi connectivity index (χ1) is 12.5. The molecule has 3 aromatic rings. The molecule has 0 bridgehead atoms. The molecule has 0 N–H and O–H groups in total. The first-order valence-corrected chi connectivity index (χ1v) is 7.57. The van der Waals surface area contributed by atoms with Gasteiger partial charge in [0.15, 0.2) is 0 Å². The van der Waals surface area contributed by atoms with Crippen LogP contribution in [0.4, 0.5) is 8.78 Å². The van der Waals surface area contributed by atoms with Crippen LogP contribution in [0.2, 0.25) is 0 Å². The number of carbonyl (C=O) groups is 2. The van der Waals surface area contributed by atoms with Crippen LogP contribution in [0, 0.1) is 11.6 Å². The van der Waals surface area contributed by atoms with Crippen molar-refractivity contribution in [2.75, 3.05) is 0 Å². The summed E-state index contributed by atoms with van der Waals surface area (Å²) < 4.78 is 36.6. The first kappa shape index (κ1) is 17.3. The SMILES string of the molecule is O=C(Oc1ccccc1)c1ccccc1C(=O)Oc1cc(F)cc(F)c1. The van der Waals surface area contributed by atoms with Crippen molar-refractivity contribution in [3.05, 3.63) is 95.6 Å². The number of hydrogen-bond acceptors (Lipinski definition) is 4. The predicted octanol–water partition coefficient (Wildman–Crippen LogP) is 4.40. The Hall–Kier alpha value is -3.54. The lowest BCUT2D eigenvalue weighted by molar-refractivity contribution is 0.0691. The molecule has 0 radical (unpaired) electrons.